The van der Waals surface area contributed by atoms with Crippen LogP contribution in [0.2, 0.25) is 0 Å². The van der Waals surface area contributed by atoms with Gasteiger partial charge in [0.25, 0.3) is 0 Å². The zero-order chi connectivity index (χ0) is 10.9. The van der Waals surface area contributed by atoms with Gasteiger partial charge < -0.3 is 15.4 Å². The minimum absolute atomic E-state index is 0.313. The van der Waals surface area contributed by atoms with Gasteiger partial charge in [0, 0.05) is 12.1 Å². The number of hydrogen-bond acceptors (Lipinski definition) is 4. The first kappa shape index (κ1) is 14.6. The van der Waals surface area contributed by atoms with Crippen molar-refractivity contribution in [2.75, 3.05) is 34.3 Å². The minimum Gasteiger partial charge on any atom is -0.461 e. The summed E-state index contributed by atoms with van der Waals surface area (Å²) in [6.07, 6.45) is 0. The van der Waals surface area contributed by atoms with E-state index in [0.29, 0.717) is 12.2 Å². The molecule has 0 aromatic carbocycles. The van der Waals surface area contributed by atoms with Crippen LogP contribution in [0.5, 0.6) is 0 Å². The van der Waals surface area contributed by atoms with Crippen molar-refractivity contribution in [2.24, 2.45) is 5.73 Å². The third kappa shape index (κ3) is 11.1. The highest BCUT2D eigenvalue weighted by molar-refractivity contribution is 5.86. The average molecular weight is 188 g/mol. The Morgan fingerprint density at radius 2 is 1.92 bits per heavy atom. The summed E-state index contributed by atoms with van der Waals surface area (Å²) in [5, 5.41) is 0. The second-order valence-corrected chi connectivity index (χ2v) is 2.72. The number of carbonyl (C=O) groups is 1. The highest BCUT2D eigenvalue weighted by atomic mass is 16.5. The quantitative estimate of drug-likeness (QED) is 0.507. The SMILES string of the molecule is C=C(C)C(=O)OCCN(C)C.CN. The van der Waals surface area contributed by atoms with Crippen molar-refractivity contribution in [1.29, 1.82) is 0 Å². The van der Waals surface area contributed by atoms with Crippen molar-refractivity contribution in [3.8, 4) is 0 Å². The number of likely N-dealkylation sites (N-methyl/N-ethyl adjacent to an activating group) is 1. The number of esters is 1. The molecule has 0 heterocycles. The third-order valence-electron chi connectivity index (χ3n) is 1.12. The van der Waals surface area contributed by atoms with Gasteiger partial charge in [0.05, 0.1) is 0 Å². The normalized spacial score (nSPS) is 8.77. The molecule has 78 valence electrons. The Labute approximate surface area is 80.3 Å². The van der Waals surface area contributed by atoms with Gasteiger partial charge in [-0.1, -0.05) is 6.58 Å². The highest BCUT2D eigenvalue weighted by Gasteiger charge is 2.01. The van der Waals surface area contributed by atoms with E-state index in [4.69, 9.17) is 4.74 Å². The summed E-state index contributed by atoms with van der Waals surface area (Å²) in [6.45, 7) is 6.28. The molecule has 0 saturated carbocycles. The van der Waals surface area contributed by atoms with Gasteiger partial charge in [0.2, 0.25) is 0 Å². The highest BCUT2D eigenvalue weighted by Crippen LogP contribution is 1.91. The summed E-state index contributed by atoms with van der Waals surface area (Å²) in [7, 11) is 5.35. The topological polar surface area (TPSA) is 55.6 Å². The molecule has 0 saturated heterocycles. The molecule has 2 N–H and O–H groups in total. The Balaban J connectivity index is 0. The molecular formula is C9H20N2O2. The summed E-state index contributed by atoms with van der Waals surface area (Å²) in [6, 6.07) is 0. The number of nitrogens with two attached hydrogens (primary N) is 1. The van der Waals surface area contributed by atoms with E-state index >= 15 is 0 Å². The number of rotatable bonds is 4. The lowest BCUT2D eigenvalue weighted by atomic mass is 10.4. The molecule has 0 aromatic rings. The van der Waals surface area contributed by atoms with Crippen LogP contribution >= 0.6 is 0 Å². The summed E-state index contributed by atoms with van der Waals surface area (Å²) in [5.74, 6) is -0.313. The van der Waals surface area contributed by atoms with Crippen LogP contribution in [-0.2, 0) is 9.53 Å². The molecule has 13 heavy (non-hydrogen) atoms. The molecule has 0 radical (unpaired) electrons. The number of hydrogen-bond donors (Lipinski definition) is 1. The van der Waals surface area contributed by atoms with Gasteiger partial charge in [-0.3, -0.25) is 0 Å². The molecule has 4 nitrogen and oxygen atoms in total. The van der Waals surface area contributed by atoms with Crippen LogP contribution in [-0.4, -0.2) is 45.2 Å². The molecule has 4 heteroatoms. The van der Waals surface area contributed by atoms with E-state index in [1.165, 1.54) is 7.05 Å². The summed E-state index contributed by atoms with van der Waals surface area (Å²) in [5.41, 5.74) is 4.95. The average Bonchev–Trinajstić information content (AvgIpc) is 2.07. The van der Waals surface area contributed by atoms with Crippen LogP contribution in [0.15, 0.2) is 12.2 Å². The summed E-state index contributed by atoms with van der Waals surface area (Å²) in [4.78, 5) is 12.7. The minimum atomic E-state index is -0.313. The fourth-order valence-corrected chi connectivity index (χ4v) is 0.444. The van der Waals surface area contributed by atoms with Crippen molar-refractivity contribution in [3.63, 3.8) is 0 Å². The Bertz CT molecular complexity index is 156. The first-order chi connectivity index (χ1) is 6.04. The fourth-order valence-electron chi connectivity index (χ4n) is 0.444. The van der Waals surface area contributed by atoms with E-state index in [9.17, 15) is 4.79 Å². The largest absolute Gasteiger partial charge is 0.461 e. The zero-order valence-electron chi connectivity index (χ0n) is 8.96. The molecular weight excluding hydrogens is 168 g/mol. The third-order valence-corrected chi connectivity index (χ3v) is 1.12. The molecule has 0 aromatic heterocycles. The Hall–Kier alpha value is -0.870. The van der Waals surface area contributed by atoms with Gasteiger partial charge in [-0.15, -0.1) is 0 Å². The molecule has 0 bridgehead atoms. The molecule has 0 aliphatic carbocycles. The standard InChI is InChI=1S/C8H15NO2.CH5N/c1-7(2)8(10)11-6-5-9(3)4;1-2/h1,5-6H2,2-4H3;2H2,1H3. The maximum Gasteiger partial charge on any atom is 0.333 e. The van der Waals surface area contributed by atoms with Crippen LogP contribution < -0.4 is 5.73 Å². The van der Waals surface area contributed by atoms with Crippen molar-refractivity contribution in [1.82, 2.24) is 4.90 Å². The molecule has 0 unspecified atom stereocenters. The Kier molecular flexibility index (Phi) is 10.4. The van der Waals surface area contributed by atoms with E-state index in [1.807, 2.05) is 19.0 Å². The second kappa shape index (κ2) is 9.22. The Morgan fingerprint density at radius 3 is 2.23 bits per heavy atom. The molecule has 0 fully saturated rings. The molecule has 0 rings (SSSR count). The number of nitrogens with zero attached hydrogens (tertiary/aromatic N) is 1. The predicted octanol–water partition coefficient (Wildman–Crippen LogP) is 0.242. The van der Waals surface area contributed by atoms with Gasteiger partial charge in [-0.25, -0.2) is 4.79 Å². The molecule has 0 spiro atoms. The van der Waals surface area contributed by atoms with Crippen LogP contribution in [0.25, 0.3) is 0 Å². The monoisotopic (exact) mass is 188 g/mol. The lowest BCUT2D eigenvalue weighted by molar-refractivity contribution is -0.139. The lowest BCUT2D eigenvalue weighted by Gasteiger charge is -2.09. The molecule has 0 aliphatic rings. The van der Waals surface area contributed by atoms with E-state index in [1.54, 1.807) is 6.92 Å². The fraction of sp³-hybridized carbons (Fsp3) is 0.667. The predicted molar refractivity (Wildman–Crippen MR) is 54.4 cm³/mol. The van der Waals surface area contributed by atoms with Crippen LogP contribution in [0.1, 0.15) is 6.92 Å². The summed E-state index contributed by atoms with van der Waals surface area (Å²) < 4.78 is 4.83. The summed E-state index contributed by atoms with van der Waals surface area (Å²) >= 11 is 0. The smallest absolute Gasteiger partial charge is 0.333 e. The van der Waals surface area contributed by atoms with E-state index in [0.717, 1.165) is 6.54 Å². The van der Waals surface area contributed by atoms with Gasteiger partial charge >= 0.3 is 5.97 Å². The van der Waals surface area contributed by atoms with Gasteiger partial charge in [0.15, 0.2) is 0 Å². The first-order valence-electron chi connectivity index (χ1n) is 4.09. The number of ether oxygens (including phenoxy) is 1. The van der Waals surface area contributed by atoms with Crippen molar-refractivity contribution < 1.29 is 9.53 Å². The van der Waals surface area contributed by atoms with Crippen molar-refractivity contribution in [2.45, 2.75) is 6.92 Å². The molecule has 0 aliphatic heterocycles. The first-order valence-corrected chi connectivity index (χ1v) is 4.09. The van der Waals surface area contributed by atoms with Crippen LogP contribution in [0.4, 0.5) is 0 Å². The van der Waals surface area contributed by atoms with Gasteiger partial charge in [0.1, 0.15) is 6.61 Å². The van der Waals surface area contributed by atoms with E-state index in [-0.39, 0.29) is 5.97 Å². The van der Waals surface area contributed by atoms with Gasteiger partial charge in [-0.05, 0) is 28.1 Å². The second-order valence-electron chi connectivity index (χ2n) is 2.72. The maximum atomic E-state index is 10.8. The lowest BCUT2D eigenvalue weighted by Crippen LogP contribution is -2.20. The van der Waals surface area contributed by atoms with Crippen molar-refractivity contribution >= 4 is 5.97 Å². The van der Waals surface area contributed by atoms with Gasteiger partial charge in [-0.2, -0.15) is 0 Å². The molecule has 0 atom stereocenters. The van der Waals surface area contributed by atoms with Crippen LogP contribution in [0, 0.1) is 0 Å². The maximum absolute atomic E-state index is 10.8. The molecule has 0 amide bonds. The van der Waals surface area contributed by atoms with E-state index < -0.39 is 0 Å². The van der Waals surface area contributed by atoms with Crippen molar-refractivity contribution in [3.05, 3.63) is 12.2 Å². The number of carbonyl (C=O) groups excluding carboxylic acids is 1. The zero-order valence-corrected chi connectivity index (χ0v) is 8.96. The van der Waals surface area contributed by atoms with E-state index in [2.05, 4.69) is 12.3 Å². The van der Waals surface area contributed by atoms with Crippen LogP contribution in [0.3, 0.4) is 0 Å². The Morgan fingerprint density at radius 1 is 1.46 bits per heavy atom.